The lowest BCUT2D eigenvalue weighted by Crippen LogP contribution is -2.13. The van der Waals surface area contributed by atoms with Crippen molar-refractivity contribution < 1.29 is 0 Å². The molecule has 4 nitrogen and oxygen atoms in total. The number of rotatable bonds is 16. The van der Waals surface area contributed by atoms with E-state index in [1.807, 2.05) is 0 Å². The molecule has 35 heavy (non-hydrogen) atoms. The molecule has 2 aromatic rings. The summed E-state index contributed by atoms with van der Waals surface area (Å²) in [6.45, 7) is 3.07. The number of nitrogens with two attached hydrogens (primary N) is 4. The zero-order valence-electron chi connectivity index (χ0n) is 21.5. The van der Waals surface area contributed by atoms with Crippen LogP contribution < -0.4 is 22.9 Å². The lowest BCUT2D eigenvalue weighted by Gasteiger charge is -2.25. The van der Waals surface area contributed by atoms with Crippen molar-refractivity contribution in [3.05, 3.63) is 57.6 Å². The van der Waals surface area contributed by atoms with Crippen molar-refractivity contribution in [2.24, 2.45) is 22.9 Å². The molecule has 0 bridgehead atoms. The first kappa shape index (κ1) is 31.9. The van der Waals surface area contributed by atoms with Gasteiger partial charge in [0.15, 0.2) is 0 Å². The first-order valence-electron chi connectivity index (χ1n) is 13.3. The fourth-order valence-corrected chi connectivity index (χ4v) is 5.63. The summed E-state index contributed by atoms with van der Waals surface area (Å²) in [7, 11) is 0. The van der Waals surface area contributed by atoms with E-state index in [1.54, 1.807) is 33.4 Å². The highest BCUT2D eigenvalue weighted by Gasteiger charge is 2.28. The van der Waals surface area contributed by atoms with E-state index in [2.05, 4.69) is 24.3 Å². The molecule has 1 aliphatic carbocycles. The van der Waals surface area contributed by atoms with Gasteiger partial charge in [-0.25, -0.2) is 0 Å². The summed E-state index contributed by atoms with van der Waals surface area (Å²) < 4.78 is 0. The topological polar surface area (TPSA) is 104 Å². The zero-order valence-corrected chi connectivity index (χ0v) is 23.1. The molecule has 198 valence electrons. The van der Waals surface area contributed by atoms with Crippen LogP contribution in [-0.4, -0.2) is 26.2 Å². The van der Waals surface area contributed by atoms with Gasteiger partial charge in [0, 0.05) is 0 Å². The van der Waals surface area contributed by atoms with E-state index in [9.17, 15) is 0 Å². The van der Waals surface area contributed by atoms with Crippen molar-refractivity contribution in [1.82, 2.24) is 0 Å². The molecule has 0 amide bonds. The van der Waals surface area contributed by atoms with Gasteiger partial charge in [-0.3, -0.25) is 0 Å². The van der Waals surface area contributed by atoms with Crippen molar-refractivity contribution in [2.75, 3.05) is 26.2 Å². The molecule has 2 aromatic carbocycles. The molecule has 8 N–H and O–H groups in total. The molecule has 0 spiro atoms. The van der Waals surface area contributed by atoms with Gasteiger partial charge < -0.3 is 22.9 Å². The Hall–Kier alpha value is -1.14. The predicted octanol–water partition coefficient (Wildman–Crippen LogP) is 5.23. The molecular formula is C29H48Cl2N4. The third-order valence-corrected chi connectivity index (χ3v) is 7.24. The second-order valence-corrected chi connectivity index (χ2v) is 9.58. The Morgan fingerprint density at radius 1 is 0.514 bits per heavy atom. The summed E-state index contributed by atoms with van der Waals surface area (Å²) in [6, 6.07) is 9.06. The molecular weight excluding hydrogens is 475 g/mol. The van der Waals surface area contributed by atoms with E-state index in [0.29, 0.717) is 0 Å². The molecule has 6 heteroatoms. The molecule has 0 saturated carbocycles. The first-order valence-corrected chi connectivity index (χ1v) is 13.3. The van der Waals surface area contributed by atoms with Crippen LogP contribution in [0.5, 0.6) is 0 Å². The quantitative estimate of drug-likeness (QED) is 0.193. The second kappa shape index (κ2) is 17.3. The van der Waals surface area contributed by atoms with Crippen LogP contribution in [0, 0.1) is 0 Å². The van der Waals surface area contributed by atoms with E-state index in [0.717, 1.165) is 110 Å². The Kier molecular flexibility index (Phi) is 15.8. The van der Waals surface area contributed by atoms with E-state index in [1.165, 1.54) is 11.1 Å². The SMILES string of the molecule is Cl.Cl.NCCCCc1c(CCCCN)c(CCCCN)c2c(c1CCCCN)Cc1ccccc1-2. The highest BCUT2D eigenvalue weighted by Crippen LogP contribution is 2.45. The number of benzene rings is 2. The summed E-state index contributed by atoms with van der Waals surface area (Å²) in [6.07, 6.45) is 14.6. The number of halogens is 2. The van der Waals surface area contributed by atoms with Gasteiger partial charge >= 0.3 is 0 Å². The summed E-state index contributed by atoms with van der Waals surface area (Å²) >= 11 is 0. The largest absolute Gasteiger partial charge is 0.330 e. The Morgan fingerprint density at radius 2 is 0.943 bits per heavy atom. The molecule has 0 saturated heterocycles. The second-order valence-electron chi connectivity index (χ2n) is 9.58. The first-order chi connectivity index (χ1) is 16.3. The summed E-state index contributed by atoms with van der Waals surface area (Å²) in [5.41, 5.74) is 36.1. The van der Waals surface area contributed by atoms with Gasteiger partial charge in [0.05, 0.1) is 0 Å². The highest BCUT2D eigenvalue weighted by atomic mass is 35.5. The lowest BCUT2D eigenvalue weighted by atomic mass is 9.80. The van der Waals surface area contributed by atoms with Crippen molar-refractivity contribution in [3.63, 3.8) is 0 Å². The average molecular weight is 524 g/mol. The van der Waals surface area contributed by atoms with Crippen LogP contribution in [0.2, 0.25) is 0 Å². The lowest BCUT2D eigenvalue weighted by molar-refractivity contribution is 0.685. The highest BCUT2D eigenvalue weighted by molar-refractivity contribution is 5.85. The molecule has 0 fully saturated rings. The van der Waals surface area contributed by atoms with Gasteiger partial charge in [0.2, 0.25) is 0 Å². The molecule has 0 atom stereocenters. The number of fused-ring (bicyclic) bond motifs is 3. The van der Waals surface area contributed by atoms with Gasteiger partial charge in [-0.15, -0.1) is 24.8 Å². The molecule has 0 radical (unpaired) electrons. The monoisotopic (exact) mass is 522 g/mol. The van der Waals surface area contributed by atoms with E-state index in [-0.39, 0.29) is 24.8 Å². The third-order valence-electron chi connectivity index (χ3n) is 7.24. The van der Waals surface area contributed by atoms with Gasteiger partial charge in [-0.1, -0.05) is 24.3 Å². The Labute approximate surface area is 225 Å². The number of unbranched alkanes of at least 4 members (excludes halogenated alkanes) is 4. The third kappa shape index (κ3) is 8.18. The summed E-state index contributed by atoms with van der Waals surface area (Å²) in [4.78, 5) is 0. The van der Waals surface area contributed by atoms with Crippen LogP contribution in [0.25, 0.3) is 11.1 Å². The Bertz CT molecular complexity index is 885. The van der Waals surface area contributed by atoms with Crippen molar-refractivity contribution in [1.29, 1.82) is 0 Å². The Balaban J connectivity index is 0.00000306. The molecule has 0 aliphatic heterocycles. The maximum absolute atomic E-state index is 5.89. The van der Waals surface area contributed by atoms with Crippen LogP contribution in [0.3, 0.4) is 0 Å². The fourth-order valence-electron chi connectivity index (χ4n) is 5.63. The van der Waals surface area contributed by atoms with E-state index >= 15 is 0 Å². The van der Waals surface area contributed by atoms with Crippen LogP contribution in [0.4, 0.5) is 0 Å². The molecule has 3 rings (SSSR count). The summed E-state index contributed by atoms with van der Waals surface area (Å²) in [5.74, 6) is 0. The maximum atomic E-state index is 5.89. The van der Waals surface area contributed by atoms with Gasteiger partial charge in [0.1, 0.15) is 0 Å². The molecule has 1 aliphatic rings. The zero-order chi connectivity index (χ0) is 23.5. The fraction of sp³-hybridized carbons (Fsp3) is 0.586. The summed E-state index contributed by atoms with van der Waals surface area (Å²) in [5, 5.41) is 0. The molecule has 0 unspecified atom stereocenters. The molecule has 0 heterocycles. The van der Waals surface area contributed by atoms with Crippen molar-refractivity contribution in [3.8, 4) is 11.1 Å². The van der Waals surface area contributed by atoms with Crippen molar-refractivity contribution in [2.45, 2.75) is 83.5 Å². The van der Waals surface area contributed by atoms with Gasteiger partial charge in [-0.05, 0) is 154 Å². The average Bonchev–Trinajstić information content (AvgIpc) is 3.21. The molecule has 0 aromatic heterocycles. The predicted molar refractivity (Wildman–Crippen MR) is 157 cm³/mol. The Morgan fingerprint density at radius 3 is 1.46 bits per heavy atom. The van der Waals surface area contributed by atoms with Crippen LogP contribution >= 0.6 is 24.8 Å². The standard InChI is InChI=1S/C29H46N4.2ClH/c30-17-7-3-13-24-25(14-4-8-18-31)27(16-6-10-20-33)29-23-12-2-1-11-22(23)21-28(29)26(24)15-5-9-19-32;;/h1-2,11-12H,3-10,13-21,30-33H2;2*1H. The van der Waals surface area contributed by atoms with Crippen LogP contribution in [0.15, 0.2) is 24.3 Å². The maximum Gasteiger partial charge on any atom is -0.00105 e. The number of hydrogen-bond donors (Lipinski definition) is 4. The van der Waals surface area contributed by atoms with Crippen molar-refractivity contribution >= 4 is 24.8 Å². The normalized spacial score (nSPS) is 11.5. The van der Waals surface area contributed by atoms with E-state index in [4.69, 9.17) is 22.9 Å². The number of hydrogen-bond acceptors (Lipinski definition) is 4. The minimum atomic E-state index is 0. The smallest absolute Gasteiger partial charge is 0.00105 e. The van der Waals surface area contributed by atoms with Crippen LogP contribution in [-0.2, 0) is 32.1 Å². The van der Waals surface area contributed by atoms with E-state index < -0.39 is 0 Å². The van der Waals surface area contributed by atoms with Gasteiger partial charge in [-0.2, -0.15) is 0 Å². The van der Waals surface area contributed by atoms with Gasteiger partial charge in [0.25, 0.3) is 0 Å². The minimum Gasteiger partial charge on any atom is -0.330 e. The minimum absolute atomic E-state index is 0. The van der Waals surface area contributed by atoms with Crippen LogP contribution in [0.1, 0.15) is 84.7 Å².